The minimum atomic E-state index is -1.08. The van der Waals surface area contributed by atoms with Crippen molar-refractivity contribution in [1.82, 2.24) is 29.5 Å². The molecular weight excluding hydrogens is 658 g/mol. The van der Waals surface area contributed by atoms with Gasteiger partial charge >= 0.3 is 0 Å². The number of benzene rings is 2. The van der Waals surface area contributed by atoms with Crippen LogP contribution in [0.5, 0.6) is 0 Å². The van der Waals surface area contributed by atoms with Crippen LogP contribution in [0, 0.1) is 25.5 Å². The highest BCUT2D eigenvalue weighted by Gasteiger charge is 2.46. The standard InChI is InChI=1S/C34H37ClF2N8O4/c1-18-28(19(2)41-40-18)24-9-8-23(29(36)30(24)37)26-16-38-31(42(26)3)32(47)39-20-6-7-22(25(35)14-20)33(48)43-10-12-44(13-11-43)34(49)27-15-21(46)17-45(27,4)5/h6-9,14,16,21,27,46H,10-13,15,17H2,1-5H3,(H-,39,40,41,47,48)/p+1/t21-,27+/m1/s1. The van der Waals surface area contributed by atoms with Gasteiger partial charge in [-0.25, -0.2) is 13.8 Å². The van der Waals surface area contributed by atoms with Crippen LogP contribution in [0.3, 0.4) is 0 Å². The number of halogens is 3. The Morgan fingerprint density at radius 3 is 2.29 bits per heavy atom. The smallest absolute Gasteiger partial charge is 0.291 e. The van der Waals surface area contributed by atoms with Crippen LogP contribution >= 0.6 is 11.6 Å². The number of imidazole rings is 1. The van der Waals surface area contributed by atoms with Gasteiger partial charge < -0.3 is 29.3 Å². The molecule has 6 rings (SSSR count). The highest BCUT2D eigenvalue weighted by atomic mass is 35.5. The summed E-state index contributed by atoms with van der Waals surface area (Å²) in [7, 11) is 5.40. The number of nitrogens with one attached hydrogen (secondary N) is 2. The van der Waals surface area contributed by atoms with Crippen LogP contribution in [0.25, 0.3) is 22.4 Å². The normalized spacial score (nSPS) is 19.0. The summed E-state index contributed by atoms with van der Waals surface area (Å²) in [5.41, 5.74) is 2.39. The molecule has 0 radical (unpaired) electrons. The molecule has 0 unspecified atom stereocenters. The molecule has 2 atom stereocenters. The monoisotopic (exact) mass is 695 g/mol. The van der Waals surface area contributed by atoms with Crippen molar-refractivity contribution in [2.75, 3.05) is 52.1 Å². The Morgan fingerprint density at radius 2 is 1.67 bits per heavy atom. The van der Waals surface area contributed by atoms with Crippen molar-refractivity contribution in [1.29, 1.82) is 0 Å². The molecule has 2 aliphatic rings. The van der Waals surface area contributed by atoms with Gasteiger partial charge in [-0.3, -0.25) is 19.5 Å². The maximum atomic E-state index is 15.4. The number of aromatic nitrogens is 4. The molecule has 12 nitrogen and oxygen atoms in total. The number of rotatable bonds is 6. The molecule has 4 aromatic rings. The summed E-state index contributed by atoms with van der Waals surface area (Å²) in [6, 6.07) is 7.11. The molecule has 2 aliphatic heterocycles. The van der Waals surface area contributed by atoms with Crippen LogP contribution in [-0.4, -0.2) is 116 Å². The number of piperazine rings is 1. The molecule has 2 aromatic carbocycles. The molecule has 3 amide bonds. The van der Waals surface area contributed by atoms with E-state index in [0.29, 0.717) is 66.3 Å². The van der Waals surface area contributed by atoms with Gasteiger partial charge in [0.15, 0.2) is 23.5 Å². The van der Waals surface area contributed by atoms with E-state index in [0.717, 1.165) is 0 Å². The van der Waals surface area contributed by atoms with Gasteiger partial charge in [-0.05, 0) is 38.1 Å². The van der Waals surface area contributed by atoms with Crippen molar-refractivity contribution in [2.24, 2.45) is 7.05 Å². The first-order valence-corrected chi connectivity index (χ1v) is 16.3. The highest BCUT2D eigenvalue weighted by Crippen LogP contribution is 2.34. The number of carbonyl (C=O) groups excluding carboxylic acids is 3. The molecule has 0 bridgehead atoms. The number of quaternary nitrogens is 1. The van der Waals surface area contributed by atoms with Crippen molar-refractivity contribution in [2.45, 2.75) is 32.4 Å². The summed E-state index contributed by atoms with van der Waals surface area (Å²) < 4.78 is 32.4. The summed E-state index contributed by atoms with van der Waals surface area (Å²) in [6.45, 7) is 5.36. The fourth-order valence-electron chi connectivity index (χ4n) is 6.91. The first-order chi connectivity index (χ1) is 23.2. The summed E-state index contributed by atoms with van der Waals surface area (Å²) in [6.07, 6.45) is 1.20. The Labute approximate surface area is 286 Å². The largest absolute Gasteiger partial charge is 0.387 e. The SMILES string of the molecule is Cc1n[nH]c(C)c1-c1ccc(-c2cnc(C(=O)Nc3ccc(C(=O)N4CCN(C(=O)[C@@H]5C[C@@H](O)C[N+]5(C)C)CC4)c(Cl)c3)n2C)c(F)c1F. The Bertz CT molecular complexity index is 1950. The second-order valence-corrected chi connectivity index (χ2v) is 13.7. The third kappa shape index (κ3) is 6.31. The average Bonchev–Trinajstić information content (AvgIpc) is 3.70. The number of aryl methyl sites for hydroxylation is 2. The molecule has 0 saturated carbocycles. The molecule has 2 saturated heterocycles. The van der Waals surface area contributed by atoms with Crippen LogP contribution in [-0.2, 0) is 11.8 Å². The molecule has 0 aliphatic carbocycles. The average molecular weight is 696 g/mol. The number of anilines is 1. The van der Waals surface area contributed by atoms with Gasteiger partial charge in [0, 0.05) is 67.7 Å². The third-order valence-corrected chi connectivity index (χ3v) is 9.90. The number of H-pyrrole nitrogens is 1. The second-order valence-electron chi connectivity index (χ2n) is 13.3. The van der Waals surface area contributed by atoms with Gasteiger partial charge in [0.25, 0.3) is 17.7 Å². The van der Waals surface area contributed by atoms with E-state index >= 15 is 8.78 Å². The number of likely N-dealkylation sites (tertiary alicyclic amines) is 1. The summed E-state index contributed by atoms with van der Waals surface area (Å²) in [5.74, 6) is -3.11. The van der Waals surface area contributed by atoms with Crippen molar-refractivity contribution >= 4 is 35.0 Å². The van der Waals surface area contributed by atoms with E-state index in [1.54, 1.807) is 29.7 Å². The molecule has 2 aromatic heterocycles. The van der Waals surface area contributed by atoms with E-state index in [-0.39, 0.29) is 51.1 Å². The second kappa shape index (κ2) is 13.0. The molecule has 3 N–H and O–H groups in total. The minimum absolute atomic E-state index is 0.0163. The maximum absolute atomic E-state index is 15.4. The molecule has 15 heteroatoms. The van der Waals surface area contributed by atoms with E-state index in [2.05, 4.69) is 20.5 Å². The van der Waals surface area contributed by atoms with Gasteiger partial charge in [0.2, 0.25) is 0 Å². The Kier molecular flexibility index (Phi) is 9.07. The van der Waals surface area contributed by atoms with Crippen molar-refractivity contribution < 1.29 is 32.8 Å². The van der Waals surface area contributed by atoms with E-state index in [9.17, 15) is 19.5 Å². The van der Waals surface area contributed by atoms with Gasteiger partial charge in [0.05, 0.1) is 42.3 Å². The van der Waals surface area contributed by atoms with E-state index < -0.39 is 23.6 Å². The topological polar surface area (TPSA) is 136 Å². The summed E-state index contributed by atoms with van der Waals surface area (Å²) in [4.78, 5) is 47.3. The van der Waals surface area contributed by atoms with Crippen LogP contribution in [0.15, 0.2) is 36.5 Å². The number of hydrogen-bond donors (Lipinski definition) is 3. The van der Waals surface area contributed by atoms with Gasteiger partial charge in [-0.1, -0.05) is 17.7 Å². The number of amides is 3. The van der Waals surface area contributed by atoms with E-state index in [1.165, 1.54) is 42.1 Å². The summed E-state index contributed by atoms with van der Waals surface area (Å²) >= 11 is 6.51. The van der Waals surface area contributed by atoms with Crippen molar-refractivity contribution in [3.63, 3.8) is 0 Å². The lowest BCUT2D eigenvalue weighted by atomic mass is 10.00. The summed E-state index contributed by atoms with van der Waals surface area (Å²) in [5, 5.41) is 19.7. The lowest BCUT2D eigenvalue weighted by Crippen LogP contribution is -2.58. The Hall–Kier alpha value is -4.66. The fraction of sp³-hybridized carbons (Fsp3) is 0.382. The number of nitrogens with zero attached hydrogens (tertiary/aromatic N) is 6. The quantitative estimate of drug-likeness (QED) is 0.263. The lowest BCUT2D eigenvalue weighted by Gasteiger charge is -2.38. The number of carbonyl (C=O) groups is 3. The molecule has 2 fully saturated rings. The number of hydrogen-bond acceptors (Lipinski definition) is 6. The molecule has 4 heterocycles. The van der Waals surface area contributed by atoms with Gasteiger partial charge in [-0.15, -0.1) is 0 Å². The molecule has 49 heavy (non-hydrogen) atoms. The maximum Gasteiger partial charge on any atom is 0.291 e. The number of aliphatic hydroxyl groups excluding tert-OH is 1. The first kappa shape index (κ1) is 34.2. The highest BCUT2D eigenvalue weighted by molar-refractivity contribution is 6.34. The van der Waals surface area contributed by atoms with Crippen molar-refractivity contribution in [3.05, 3.63) is 76.0 Å². The minimum Gasteiger partial charge on any atom is -0.387 e. The zero-order valence-electron chi connectivity index (χ0n) is 27.9. The predicted molar refractivity (Wildman–Crippen MR) is 179 cm³/mol. The third-order valence-electron chi connectivity index (χ3n) is 9.59. The van der Waals surface area contributed by atoms with Crippen LogP contribution < -0.4 is 5.32 Å². The zero-order valence-corrected chi connectivity index (χ0v) is 28.6. The Morgan fingerprint density at radius 1 is 1.02 bits per heavy atom. The Balaban J connectivity index is 1.11. The van der Waals surface area contributed by atoms with Crippen molar-refractivity contribution in [3.8, 4) is 22.4 Å². The number of aliphatic hydroxyl groups is 1. The number of aromatic amines is 1. The fourth-order valence-corrected chi connectivity index (χ4v) is 7.17. The molecule has 0 spiro atoms. The first-order valence-electron chi connectivity index (χ1n) is 15.9. The van der Waals surface area contributed by atoms with Crippen LogP contribution in [0.1, 0.15) is 38.8 Å². The van der Waals surface area contributed by atoms with E-state index in [1.807, 2.05) is 14.1 Å². The molecular formula is C34H38ClF2N8O4+. The van der Waals surface area contributed by atoms with Gasteiger partial charge in [-0.2, -0.15) is 5.10 Å². The number of likely N-dealkylation sites (N-methyl/N-ethyl adjacent to an activating group) is 1. The molecule has 258 valence electrons. The van der Waals surface area contributed by atoms with E-state index in [4.69, 9.17) is 11.6 Å². The lowest BCUT2D eigenvalue weighted by molar-refractivity contribution is -0.894. The van der Waals surface area contributed by atoms with Gasteiger partial charge in [0.1, 0.15) is 12.6 Å². The zero-order chi connectivity index (χ0) is 35.4. The van der Waals surface area contributed by atoms with Crippen LogP contribution in [0.4, 0.5) is 14.5 Å². The van der Waals surface area contributed by atoms with Crippen LogP contribution in [0.2, 0.25) is 5.02 Å². The predicted octanol–water partition coefficient (Wildman–Crippen LogP) is 3.77.